The van der Waals surface area contributed by atoms with Gasteiger partial charge < -0.3 is 10.6 Å². The van der Waals surface area contributed by atoms with Gasteiger partial charge in [0.05, 0.1) is 5.70 Å². The molecule has 0 rings (SSSR count). The normalized spacial score (nSPS) is 13.7. The Morgan fingerprint density at radius 1 is 1.50 bits per heavy atom. The lowest BCUT2D eigenvalue weighted by atomic mass is 10.1. The SMILES string of the molecule is C=CN(C/C(CC)=C(\N)C(C)(F)F)C(C)C. The fourth-order valence-corrected chi connectivity index (χ4v) is 1.38. The second-order valence-electron chi connectivity index (χ2n) is 4.21. The topological polar surface area (TPSA) is 29.3 Å². The summed E-state index contributed by atoms with van der Waals surface area (Å²) in [5.74, 6) is -2.95. The standard InChI is InChI=1S/C12H22F2N2/c1-6-10(11(15)12(5,13)14)8-16(7-2)9(3)4/h7,9H,2,6,8,15H2,1,3-5H3/b11-10-. The third kappa shape index (κ3) is 4.21. The highest BCUT2D eigenvalue weighted by Gasteiger charge is 2.28. The van der Waals surface area contributed by atoms with Crippen LogP contribution < -0.4 is 5.73 Å². The maximum absolute atomic E-state index is 13.1. The summed E-state index contributed by atoms with van der Waals surface area (Å²) in [5, 5.41) is 0. The summed E-state index contributed by atoms with van der Waals surface area (Å²) in [6.07, 6.45) is 2.17. The molecule has 0 aromatic heterocycles. The number of allylic oxidation sites excluding steroid dienone is 1. The van der Waals surface area contributed by atoms with Crippen LogP contribution in [0.25, 0.3) is 0 Å². The molecule has 0 fully saturated rings. The van der Waals surface area contributed by atoms with Gasteiger partial charge in [-0.25, -0.2) is 8.78 Å². The van der Waals surface area contributed by atoms with E-state index in [9.17, 15) is 8.78 Å². The molecule has 0 spiro atoms. The molecule has 94 valence electrons. The highest BCUT2D eigenvalue weighted by atomic mass is 19.3. The predicted octanol–water partition coefficient (Wildman–Crippen LogP) is 3.12. The molecule has 0 aliphatic carbocycles. The minimum absolute atomic E-state index is 0.220. The van der Waals surface area contributed by atoms with Gasteiger partial charge >= 0.3 is 0 Å². The van der Waals surface area contributed by atoms with Crippen molar-refractivity contribution < 1.29 is 8.78 Å². The van der Waals surface area contributed by atoms with Crippen LogP contribution in [0.4, 0.5) is 8.78 Å². The first kappa shape index (κ1) is 14.9. The smallest absolute Gasteiger partial charge is 0.284 e. The molecule has 0 bridgehead atoms. The van der Waals surface area contributed by atoms with Crippen molar-refractivity contribution in [2.24, 2.45) is 5.73 Å². The average molecular weight is 232 g/mol. The molecule has 0 aromatic carbocycles. The minimum atomic E-state index is -2.95. The van der Waals surface area contributed by atoms with Gasteiger partial charge in [0, 0.05) is 19.5 Å². The molecule has 0 aliphatic heterocycles. The van der Waals surface area contributed by atoms with Crippen LogP contribution >= 0.6 is 0 Å². The highest BCUT2D eigenvalue weighted by Crippen LogP contribution is 2.24. The van der Waals surface area contributed by atoms with Gasteiger partial charge in [-0.2, -0.15) is 0 Å². The van der Waals surface area contributed by atoms with Crippen LogP contribution in [0.1, 0.15) is 34.1 Å². The Morgan fingerprint density at radius 2 is 2.00 bits per heavy atom. The summed E-state index contributed by atoms with van der Waals surface area (Å²) in [7, 11) is 0. The number of hydrogen-bond donors (Lipinski definition) is 1. The average Bonchev–Trinajstić information content (AvgIpc) is 2.16. The Kier molecular flexibility index (Phi) is 5.48. The molecule has 0 heterocycles. The molecule has 16 heavy (non-hydrogen) atoms. The fourth-order valence-electron chi connectivity index (χ4n) is 1.38. The summed E-state index contributed by atoms with van der Waals surface area (Å²) >= 11 is 0. The lowest BCUT2D eigenvalue weighted by molar-refractivity contribution is 0.0596. The maximum Gasteiger partial charge on any atom is 0.284 e. The molecule has 2 nitrogen and oxygen atoms in total. The van der Waals surface area contributed by atoms with E-state index in [0.29, 0.717) is 18.5 Å². The van der Waals surface area contributed by atoms with Crippen molar-refractivity contribution in [1.29, 1.82) is 0 Å². The lowest BCUT2D eigenvalue weighted by Gasteiger charge is -2.27. The van der Waals surface area contributed by atoms with E-state index in [0.717, 1.165) is 6.92 Å². The van der Waals surface area contributed by atoms with Gasteiger partial charge in [-0.05, 0) is 32.0 Å². The molecule has 0 atom stereocenters. The second-order valence-corrected chi connectivity index (χ2v) is 4.21. The van der Waals surface area contributed by atoms with Crippen LogP contribution in [0, 0.1) is 0 Å². The molecule has 0 unspecified atom stereocenters. The van der Waals surface area contributed by atoms with Crippen molar-refractivity contribution >= 4 is 0 Å². The molecule has 0 aromatic rings. The van der Waals surface area contributed by atoms with Crippen molar-refractivity contribution in [3.63, 3.8) is 0 Å². The Morgan fingerprint density at radius 3 is 2.25 bits per heavy atom. The van der Waals surface area contributed by atoms with Crippen molar-refractivity contribution in [3.05, 3.63) is 24.0 Å². The Labute approximate surface area is 96.8 Å². The number of rotatable bonds is 6. The van der Waals surface area contributed by atoms with Gasteiger partial charge in [-0.15, -0.1) is 0 Å². The zero-order chi connectivity index (χ0) is 12.9. The molecular formula is C12H22F2N2. The molecule has 4 heteroatoms. The molecule has 0 amide bonds. The van der Waals surface area contributed by atoms with Crippen molar-refractivity contribution in [2.45, 2.75) is 46.1 Å². The van der Waals surface area contributed by atoms with Crippen LogP contribution in [-0.4, -0.2) is 23.4 Å². The largest absolute Gasteiger partial charge is 0.397 e. The number of alkyl halides is 2. The number of nitrogens with zero attached hydrogens (tertiary/aromatic N) is 1. The molecule has 0 aliphatic rings. The van der Waals surface area contributed by atoms with Crippen LogP contribution in [0.15, 0.2) is 24.0 Å². The van der Waals surface area contributed by atoms with E-state index in [2.05, 4.69) is 6.58 Å². The zero-order valence-corrected chi connectivity index (χ0v) is 10.6. The van der Waals surface area contributed by atoms with Crippen LogP contribution in [0.2, 0.25) is 0 Å². The summed E-state index contributed by atoms with van der Waals surface area (Å²) < 4.78 is 26.2. The summed E-state index contributed by atoms with van der Waals surface area (Å²) in [6, 6.07) is 0.220. The van der Waals surface area contributed by atoms with Gasteiger partial charge in [0.25, 0.3) is 5.92 Å². The lowest BCUT2D eigenvalue weighted by Crippen LogP contribution is -2.31. The van der Waals surface area contributed by atoms with Gasteiger partial charge in [-0.3, -0.25) is 0 Å². The van der Waals surface area contributed by atoms with Crippen molar-refractivity contribution in [2.75, 3.05) is 6.54 Å². The summed E-state index contributed by atoms with van der Waals surface area (Å²) in [4.78, 5) is 1.89. The van der Waals surface area contributed by atoms with Crippen molar-refractivity contribution in [3.8, 4) is 0 Å². The third-order valence-electron chi connectivity index (χ3n) is 2.55. The van der Waals surface area contributed by atoms with Gasteiger partial charge in [0.15, 0.2) is 0 Å². The predicted molar refractivity (Wildman–Crippen MR) is 64.2 cm³/mol. The maximum atomic E-state index is 13.1. The van der Waals surface area contributed by atoms with Crippen LogP contribution in [-0.2, 0) is 0 Å². The zero-order valence-electron chi connectivity index (χ0n) is 10.6. The van der Waals surface area contributed by atoms with E-state index in [1.807, 2.05) is 25.7 Å². The molecule has 0 saturated carbocycles. The number of hydrogen-bond acceptors (Lipinski definition) is 2. The third-order valence-corrected chi connectivity index (χ3v) is 2.55. The Balaban J connectivity index is 4.95. The summed E-state index contributed by atoms with van der Waals surface area (Å²) in [5.41, 5.74) is 5.73. The first-order valence-electron chi connectivity index (χ1n) is 5.48. The first-order valence-corrected chi connectivity index (χ1v) is 5.48. The summed E-state index contributed by atoms with van der Waals surface area (Å²) in [6.45, 7) is 10.7. The Bertz CT molecular complexity index is 265. The first-order chi connectivity index (χ1) is 7.23. The van der Waals surface area contributed by atoms with Crippen LogP contribution in [0.3, 0.4) is 0 Å². The van der Waals surface area contributed by atoms with E-state index >= 15 is 0 Å². The van der Waals surface area contributed by atoms with Crippen molar-refractivity contribution in [1.82, 2.24) is 4.90 Å². The quantitative estimate of drug-likeness (QED) is 0.762. The molecule has 2 N–H and O–H groups in total. The second kappa shape index (κ2) is 5.87. The van der Waals surface area contributed by atoms with Gasteiger partial charge in [-0.1, -0.05) is 13.5 Å². The molecule has 0 radical (unpaired) electrons. The van der Waals surface area contributed by atoms with Gasteiger partial charge in [0.1, 0.15) is 0 Å². The van der Waals surface area contributed by atoms with E-state index in [-0.39, 0.29) is 11.7 Å². The fraction of sp³-hybridized carbons (Fsp3) is 0.667. The van der Waals surface area contributed by atoms with Gasteiger partial charge in [0.2, 0.25) is 0 Å². The highest BCUT2D eigenvalue weighted by molar-refractivity contribution is 5.19. The minimum Gasteiger partial charge on any atom is -0.397 e. The van der Waals surface area contributed by atoms with Crippen LogP contribution in [0.5, 0.6) is 0 Å². The van der Waals surface area contributed by atoms with E-state index in [1.54, 1.807) is 6.20 Å². The molecular weight excluding hydrogens is 210 g/mol. The van der Waals surface area contributed by atoms with E-state index < -0.39 is 5.92 Å². The van der Waals surface area contributed by atoms with E-state index in [1.165, 1.54) is 0 Å². The number of nitrogens with two attached hydrogens (primary N) is 1. The monoisotopic (exact) mass is 232 g/mol. The molecule has 0 saturated heterocycles. The number of halogens is 2. The Hall–Kier alpha value is -1.06. The van der Waals surface area contributed by atoms with E-state index in [4.69, 9.17) is 5.73 Å².